The summed E-state index contributed by atoms with van der Waals surface area (Å²) in [5, 5.41) is 0. The molecule has 4 nitrogen and oxygen atoms in total. The lowest BCUT2D eigenvalue weighted by Crippen LogP contribution is -2.21. The van der Waals surface area contributed by atoms with Crippen LogP contribution in [0.15, 0.2) is 32.9 Å². The Labute approximate surface area is 105 Å². The summed E-state index contributed by atoms with van der Waals surface area (Å²) >= 11 is 0. The molecule has 1 aromatic carbocycles. The molecule has 0 aliphatic carbocycles. The van der Waals surface area contributed by atoms with E-state index in [1.54, 1.807) is 0 Å². The second-order valence-corrected chi connectivity index (χ2v) is 6.59. The Morgan fingerprint density at radius 1 is 1.22 bits per heavy atom. The lowest BCUT2D eigenvalue weighted by molar-refractivity contribution is -0.0434. The van der Waals surface area contributed by atoms with Crippen LogP contribution < -0.4 is 4.74 Å². The number of rotatable bonds is 3. The highest BCUT2D eigenvalue weighted by molar-refractivity contribution is 8.00. The molecule has 0 aliphatic rings. The molecule has 0 radical (unpaired) electrons. The van der Waals surface area contributed by atoms with Gasteiger partial charge >= 0.3 is 15.5 Å². The van der Waals surface area contributed by atoms with Crippen LogP contribution in [0.2, 0.25) is 0 Å². The molecule has 0 N–H and O–H groups in total. The summed E-state index contributed by atoms with van der Waals surface area (Å²) in [5.41, 5.74) is -5.36. The first kappa shape index (κ1) is 15.0. The van der Waals surface area contributed by atoms with E-state index in [4.69, 9.17) is 4.74 Å². The number of ether oxygens (including phenoxy) is 1. The first-order chi connectivity index (χ1) is 8.17. The molecule has 0 amide bonds. The van der Waals surface area contributed by atoms with Gasteiger partial charge in [-0.1, -0.05) is 10.7 Å². The summed E-state index contributed by atoms with van der Waals surface area (Å²) < 4.78 is 65.8. The van der Waals surface area contributed by atoms with Gasteiger partial charge in [0.2, 0.25) is 0 Å². The van der Waals surface area contributed by atoms with Crippen LogP contribution in [0.1, 0.15) is 0 Å². The molecule has 102 valence electrons. The van der Waals surface area contributed by atoms with Crippen molar-refractivity contribution >= 4 is 20.7 Å². The molecule has 0 saturated carbocycles. The van der Waals surface area contributed by atoms with E-state index in [0.29, 0.717) is 10.6 Å². The number of hydrogen-bond donors (Lipinski definition) is 0. The SMILES string of the molecule is COc1ccc(/S(C)=N/S(=O)(=O)C(F)(F)F)cc1. The van der Waals surface area contributed by atoms with Crippen molar-refractivity contribution in [1.29, 1.82) is 0 Å². The summed E-state index contributed by atoms with van der Waals surface area (Å²) in [6.45, 7) is 0. The molecular formula is C9H10F3NO3S2. The number of benzene rings is 1. The van der Waals surface area contributed by atoms with Gasteiger partial charge in [0.1, 0.15) is 5.75 Å². The highest BCUT2D eigenvalue weighted by atomic mass is 32.3. The smallest absolute Gasteiger partial charge is 0.497 e. The van der Waals surface area contributed by atoms with Gasteiger partial charge < -0.3 is 4.74 Å². The largest absolute Gasteiger partial charge is 0.519 e. The number of halogens is 3. The van der Waals surface area contributed by atoms with E-state index in [9.17, 15) is 21.6 Å². The minimum Gasteiger partial charge on any atom is -0.497 e. The Morgan fingerprint density at radius 3 is 2.11 bits per heavy atom. The highest BCUT2D eigenvalue weighted by Crippen LogP contribution is 2.26. The fourth-order valence-electron chi connectivity index (χ4n) is 1.01. The summed E-state index contributed by atoms with van der Waals surface area (Å²) in [7, 11) is -5.41. The van der Waals surface area contributed by atoms with Gasteiger partial charge in [0.25, 0.3) is 0 Å². The fraction of sp³-hybridized carbons (Fsp3) is 0.333. The first-order valence-corrected chi connectivity index (χ1v) is 7.55. The lowest BCUT2D eigenvalue weighted by atomic mass is 10.3. The standard InChI is InChI=1S/C9H10F3NO3S2/c1-16-7-3-5-8(6-4-7)17(2)13-18(14,15)9(10,11)12/h3-6H,1-2H3. The van der Waals surface area contributed by atoms with Crippen LogP contribution in [-0.4, -0.2) is 27.3 Å². The van der Waals surface area contributed by atoms with Gasteiger partial charge in [-0.3, -0.25) is 0 Å². The molecule has 1 rings (SSSR count). The second kappa shape index (κ2) is 5.27. The Kier molecular flexibility index (Phi) is 4.38. The molecule has 1 aromatic rings. The molecule has 0 saturated heterocycles. The molecule has 9 heteroatoms. The van der Waals surface area contributed by atoms with E-state index in [-0.39, 0.29) is 0 Å². The van der Waals surface area contributed by atoms with Gasteiger partial charge in [-0.2, -0.15) is 21.6 Å². The van der Waals surface area contributed by atoms with Crippen molar-refractivity contribution in [2.75, 3.05) is 13.4 Å². The minimum absolute atomic E-state index is 0.378. The Bertz CT molecular complexity index is 549. The third-order valence-electron chi connectivity index (χ3n) is 1.90. The summed E-state index contributed by atoms with van der Waals surface area (Å²) in [5.74, 6) is 0.523. The molecule has 0 bridgehead atoms. The maximum absolute atomic E-state index is 12.1. The van der Waals surface area contributed by atoms with Gasteiger partial charge in [0, 0.05) is 4.90 Å². The normalized spacial score (nSPS) is 14.5. The maximum Gasteiger partial charge on any atom is 0.519 e. The van der Waals surface area contributed by atoms with E-state index in [2.05, 4.69) is 3.77 Å². The predicted molar refractivity (Wildman–Crippen MR) is 62.0 cm³/mol. The Balaban J connectivity index is 3.10. The average molecular weight is 301 g/mol. The number of hydrogen-bond acceptors (Lipinski definition) is 3. The number of sulfonamides is 1. The molecule has 0 heterocycles. The van der Waals surface area contributed by atoms with Crippen LogP contribution in [-0.2, 0) is 20.7 Å². The van der Waals surface area contributed by atoms with Gasteiger partial charge in [0.15, 0.2) is 0 Å². The van der Waals surface area contributed by atoms with Crippen LogP contribution in [0.3, 0.4) is 0 Å². The van der Waals surface area contributed by atoms with Crippen molar-refractivity contribution in [3.63, 3.8) is 0 Å². The molecule has 1 atom stereocenters. The van der Waals surface area contributed by atoms with Gasteiger partial charge in [-0.05, 0) is 30.5 Å². The average Bonchev–Trinajstić information content (AvgIpc) is 2.27. The van der Waals surface area contributed by atoms with Crippen LogP contribution in [0, 0.1) is 0 Å². The monoisotopic (exact) mass is 301 g/mol. The summed E-state index contributed by atoms with van der Waals surface area (Å²) in [6.07, 6.45) is 1.30. The first-order valence-electron chi connectivity index (χ1n) is 4.52. The predicted octanol–water partition coefficient (Wildman–Crippen LogP) is 2.34. The van der Waals surface area contributed by atoms with Crippen molar-refractivity contribution in [3.8, 4) is 5.75 Å². The van der Waals surface area contributed by atoms with Gasteiger partial charge in [-0.25, -0.2) is 0 Å². The van der Waals surface area contributed by atoms with Crippen molar-refractivity contribution < 1.29 is 26.3 Å². The van der Waals surface area contributed by atoms with E-state index in [1.165, 1.54) is 37.6 Å². The summed E-state index contributed by atoms with van der Waals surface area (Å²) in [6, 6.07) is 5.98. The highest BCUT2D eigenvalue weighted by Gasteiger charge is 2.46. The molecular weight excluding hydrogens is 291 g/mol. The third kappa shape index (κ3) is 3.45. The molecule has 0 aliphatic heterocycles. The van der Waals surface area contributed by atoms with Gasteiger partial charge in [0.05, 0.1) is 7.11 Å². The Hall–Kier alpha value is -1.09. The third-order valence-corrected chi connectivity index (χ3v) is 5.12. The van der Waals surface area contributed by atoms with Crippen LogP contribution in [0.4, 0.5) is 13.2 Å². The van der Waals surface area contributed by atoms with E-state index in [1.807, 2.05) is 0 Å². The molecule has 0 fully saturated rings. The van der Waals surface area contributed by atoms with E-state index >= 15 is 0 Å². The maximum atomic E-state index is 12.1. The molecule has 0 spiro atoms. The fourth-order valence-corrected chi connectivity index (χ4v) is 3.39. The minimum atomic E-state index is -5.45. The van der Waals surface area contributed by atoms with Crippen molar-refractivity contribution in [1.82, 2.24) is 0 Å². The zero-order chi connectivity index (χ0) is 14.0. The number of nitrogens with zero attached hydrogens (tertiary/aromatic N) is 1. The molecule has 0 aromatic heterocycles. The Morgan fingerprint density at radius 2 is 1.72 bits per heavy atom. The van der Waals surface area contributed by atoms with Crippen LogP contribution in [0.25, 0.3) is 0 Å². The topological polar surface area (TPSA) is 55.7 Å². The van der Waals surface area contributed by atoms with Crippen molar-refractivity contribution in [2.24, 2.45) is 3.77 Å². The quantitative estimate of drug-likeness (QED) is 0.861. The van der Waals surface area contributed by atoms with E-state index < -0.39 is 26.2 Å². The number of methoxy groups -OCH3 is 1. The van der Waals surface area contributed by atoms with E-state index in [0.717, 1.165) is 0 Å². The van der Waals surface area contributed by atoms with Crippen molar-refractivity contribution in [2.45, 2.75) is 10.4 Å². The number of alkyl halides is 3. The molecule has 18 heavy (non-hydrogen) atoms. The molecule has 1 unspecified atom stereocenters. The lowest BCUT2D eigenvalue weighted by Gasteiger charge is -2.06. The van der Waals surface area contributed by atoms with Gasteiger partial charge in [-0.15, -0.1) is 3.77 Å². The van der Waals surface area contributed by atoms with Crippen LogP contribution >= 0.6 is 0 Å². The zero-order valence-corrected chi connectivity index (χ0v) is 11.1. The zero-order valence-electron chi connectivity index (χ0n) is 9.43. The summed E-state index contributed by atoms with van der Waals surface area (Å²) in [4.78, 5) is 0.378. The van der Waals surface area contributed by atoms with Crippen LogP contribution in [0.5, 0.6) is 5.75 Å². The second-order valence-electron chi connectivity index (χ2n) is 3.15. The van der Waals surface area contributed by atoms with Crippen molar-refractivity contribution in [3.05, 3.63) is 24.3 Å².